The van der Waals surface area contributed by atoms with Crippen molar-refractivity contribution in [3.63, 3.8) is 0 Å². The van der Waals surface area contributed by atoms with Crippen molar-refractivity contribution in [2.24, 2.45) is 4.99 Å². The average molecular weight is 445 g/mol. The number of nitrogens with one attached hydrogen (secondary N) is 2. The summed E-state index contributed by atoms with van der Waals surface area (Å²) in [6.45, 7) is 6.76. The van der Waals surface area contributed by atoms with Crippen LogP contribution in [0.1, 0.15) is 24.1 Å². The standard InChI is InChI=1S/C24H33FN4O3/c1-4-26-24(27-16-19-8-9-21(30-2)15-23(19)31-3)28-17-22(29-10-12-32-13-11-29)18-6-5-7-20(25)14-18/h5-9,14-15,22H,4,10-13,16-17H2,1-3H3,(H2,26,27,28). The lowest BCUT2D eigenvalue weighted by molar-refractivity contribution is 0.0169. The van der Waals surface area contributed by atoms with Gasteiger partial charge in [-0.1, -0.05) is 12.1 Å². The van der Waals surface area contributed by atoms with Crippen molar-refractivity contribution in [1.29, 1.82) is 0 Å². The normalized spacial score (nSPS) is 15.8. The van der Waals surface area contributed by atoms with Crippen LogP contribution in [0.4, 0.5) is 4.39 Å². The van der Waals surface area contributed by atoms with Gasteiger partial charge in [-0.05, 0) is 36.8 Å². The predicted molar refractivity (Wildman–Crippen MR) is 124 cm³/mol. The number of rotatable bonds is 9. The second kappa shape index (κ2) is 12.3. The number of ether oxygens (including phenoxy) is 3. The number of hydrogen-bond donors (Lipinski definition) is 2. The molecule has 0 amide bonds. The van der Waals surface area contributed by atoms with Crippen molar-refractivity contribution in [1.82, 2.24) is 15.5 Å². The Labute approximate surface area is 189 Å². The lowest BCUT2D eigenvalue weighted by Crippen LogP contribution is -2.46. The number of halogens is 1. The molecule has 0 aliphatic carbocycles. The Hall–Kier alpha value is -2.84. The minimum absolute atomic E-state index is 0.00831. The number of nitrogens with zero attached hydrogens (tertiary/aromatic N) is 2. The maximum absolute atomic E-state index is 13.9. The second-order valence-corrected chi connectivity index (χ2v) is 7.47. The van der Waals surface area contributed by atoms with Crippen molar-refractivity contribution >= 4 is 5.96 Å². The number of morpholine rings is 1. The summed E-state index contributed by atoms with van der Waals surface area (Å²) in [6, 6.07) is 12.5. The van der Waals surface area contributed by atoms with Gasteiger partial charge in [0, 0.05) is 37.8 Å². The Morgan fingerprint density at radius 1 is 1.12 bits per heavy atom. The topological polar surface area (TPSA) is 67.4 Å². The maximum atomic E-state index is 13.9. The summed E-state index contributed by atoms with van der Waals surface area (Å²) in [5, 5.41) is 6.72. The fourth-order valence-corrected chi connectivity index (χ4v) is 3.74. The molecule has 1 fully saturated rings. The molecule has 2 aromatic carbocycles. The van der Waals surface area contributed by atoms with Gasteiger partial charge in [0.2, 0.25) is 0 Å². The second-order valence-electron chi connectivity index (χ2n) is 7.47. The molecule has 1 saturated heterocycles. The number of benzene rings is 2. The molecule has 8 heteroatoms. The maximum Gasteiger partial charge on any atom is 0.191 e. The monoisotopic (exact) mass is 444 g/mol. The van der Waals surface area contributed by atoms with Gasteiger partial charge >= 0.3 is 0 Å². The molecule has 3 rings (SSSR count). The molecular weight excluding hydrogens is 411 g/mol. The van der Waals surface area contributed by atoms with Crippen molar-refractivity contribution in [3.8, 4) is 11.5 Å². The summed E-state index contributed by atoms with van der Waals surface area (Å²) in [5.41, 5.74) is 1.90. The molecule has 174 valence electrons. The predicted octanol–water partition coefficient (Wildman–Crippen LogP) is 2.97. The quantitative estimate of drug-likeness (QED) is 0.458. The molecule has 1 heterocycles. The minimum atomic E-state index is -0.229. The third kappa shape index (κ3) is 6.58. The molecule has 7 nitrogen and oxygen atoms in total. The molecular formula is C24H33FN4O3. The summed E-state index contributed by atoms with van der Waals surface area (Å²) in [7, 11) is 3.26. The highest BCUT2D eigenvalue weighted by molar-refractivity contribution is 5.79. The average Bonchev–Trinajstić information content (AvgIpc) is 2.83. The highest BCUT2D eigenvalue weighted by atomic mass is 19.1. The van der Waals surface area contributed by atoms with Crippen LogP contribution in [-0.4, -0.2) is 64.5 Å². The first kappa shape index (κ1) is 23.8. The fourth-order valence-electron chi connectivity index (χ4n) is 3.74. The van der Waals surface area contributed by atoms with E-state index in [4.69, 9.17) is 19.2 Å². The first-order valence-corrected chi connectivity index (χ1v) is 10.9. The van der Waals surface area contributed by atoms with Gasteiger partial charge in [-0.3, -0.25) is 4.90 Å². The van der Waals surface area contributed by atoms with Crippen LogP contribution in [-0.2, 0) is 11.3 Å². The molecule has 0 radical (unpaired) electrons. The van der Waals surface area contributed by atoms with E-state index in [1.807, 2.05) is 31.2 Å². The molecule has 0 saturated carbocycles. The number of hydrogen-bond acceptors (Lipinski definition) is 5. The van der Waals surface area contributed by atoms with E-state index in [1.165, 1.54) is 6.07 Å². The van der Waals surface area contributed by atoms with E-state index in [-0.39, 0.29) is 11.9 Å². The van der Waals surface area contributed by atoms with E-state index < -0.39 is 0 Å². The van der Waals surface area contributed by atoms with Crippen molar-refractivity contribution in [2.75, 3.05) is 53.6 Å². The first-order valence-electron chi connectivity index (χ1n) is 10.9. The van der Waals surface area contributed by atoms with E-state index in [1.54, 1.807) is 26.4 Å². The Bertz CT molecular complexity index is 887. The van der Waals surface area contributed by atoms with Gasteiger partial charge in [0.05, 0.1) is 40.0 Å². The summed E-state index contributed by atoms with van der Waals surface area (Å²) in [4.78, 5) is 7.05. The highest BCUT2D eigenvalue weighted by Gasteiger charge is 2.23. The third-order valence-corrected chi connectivity index (χ3v) is 5.43. The van der Waals surface area contributed by atoms with Crippen molar-refractivity contribution in [3.05, 3.63) is 59.4 Å². The molecule has 0 aromatic heterocycles. The Morgan fingerprint density at radius 3 is 2.62 bits per heavy atom. The van der Waals surface area contributed by atoms with Crippen LogP contribution in [0.25, 0.3) is 0 Å². The molecule has 1 aliphatic heterocycles. The molecule has 0 bridgehead atoms. The highest BCUT2D eigenvalue weighted by Crippen LogP contribution is 2.25. The zero-order valence-electron chi connectivity index (χ0n) is 19.1. The van der Waals surface area contributed by atoms with Gasteiger partial charge < -0.3 is 24.8 Å². The summed E-state index contributed by atoms with van der Waals surface area (Å²) >= 11 is 0. The zero-order chi connectivity index (χ0) is 22.8. The van der Waals surface area contributed by atoms with Crippen LogP contribution in [0.5, 0.6) is 11.5 Å². The van der Waals surface area contributed by atoms with Gasteiger partial charge in [-0.2, -0.15) is 0 Å². The largest absolute Gasteiger partial charge is 0.497 e. The van der Waals surface area contributed by atoms with Crippen LogP contribution in [0.15, 0.2) is 47.5 Å². The smallest absolute Gasteiger partial charge is 0.191 e. The molecule has 32 heavy (non-hydrogen) atoms. The Kier molecular flexibility index (Phi) is 9.13. The first-order chi connectivity index (χ1) is 15.6. The summed E-state index contributed by atoms with van der Waals surface area (Å²) in [6.07, 6.45) is 0. The molecule has 0 spiro atoms. The van der Waals surface area contributed by atoms with Crippen LogP contribution in [0, 0.1) is 5.82 Å². The van der Waals surface area contributed by atoms with Crippen molar-refractivity contribution in [2.45, 2.75) is 19.5 Å². The molecule has 2 N–H and O–H groups in total. The van der Waals surface area contributed by atoms with Crippen LogP contribution < -0.4 is 20.1 Å². The zero-order valence-corrected chi connectivity index (χ0v) is 19.1. The van der Waals surface area contributed by atoms with Gasteiger partial charge in [-0.15, -0.1) is 0 Å². The third-order valence-electron chi connectivity index (χ3n) is 5.43. The minimum Gasteiger partial charge on any atom is -0.497 e. The lowest BCUT2D eigenvalue weighted by Gasteiger charge is -2.35. The molecule has 1 aliphatic rings. The SMILES string of the molecule is CCNC(=NCc1ccc(OC)cc1OC)NCC(c1cccc(F)c1)N1CCOCC1. The van der Waals surface area contributed by atoms with Crippen LogP contribution in [0.3, 0.4) is 0 Å². The van der Waals surface area contributed by atoms with E-state index in [2.05, 4.69) is 15.5 Å². The number of guanidine groups is 1. The number of methoxy groups -OCH3 is 2. The van der Waals surface area contributed by atoms with E-state index >= 15 is 0 Å². The van der Waals surface area contributed by atoms with Gasteiger partial charge in [0.25, 0.3) is 0 Å². The molecule has 1 unspecified atom stereocenters. The van der Waals surface area contributed by atoms with Crippen LogP contribution in [0.2, 0.25) is 0 Å². The fraction of sp³-hybridized carbons (Fsp3) is 0.458. The lowest BCUT2D eigenvalue weighted by atomic mass is 10.0. The van der Waals surface area contributed by atoms with Gasteiger partial charge in [0.1, 0.15) is 17.3 Å². The Balaban J connectivity index is 1.74. The van der Waals surface area contributed by atoms with E-state index in [9.17, 15) is 4.39 Å². The summed E-state index contributed by atoms with van der Waals surface area (Å²) < 4.78 is 30.2. The molecule has 2 aromatic rings. The summed E-state index contributed by atoms with van der Waals surface area (Å²) in [5.74, 6) is 1.94. The van der Waals surface area contributed by atoms with Crippen molar-refractivity contribution < 1.29 is 18.6 Å². The number of aliphatic imine (C=N–C) groups is 1. The van der Waals surface area contributed by atoms with E-state index in [0.29, 0.717) is 32.3 Å². The van der Waals surface area contributed by atoms with Crippen LogP contribution >= 0.6 is 0 Å². The van der Waals surface area contributed by atoms with Gasteiger partial charge in [0.15, 0.2) is 5.96 Å². The Morgan fingerprint density at radius 2 is 1.94 bits per heavy atom. The van der Waals surface area contributed by atoms with Gasteiger partial charge in [-0.25, -0.2) is 9.38 Å². The van der Waals surface area contributed by atoms with E-state index in [0.717, 1.165) is 42.3 Å². The molecule has 1 atom stereocenters.